The standard InChI is InChI=1S/C8H12O6S.Na/c1-4(9)14-5-2-12-8-6(15(10)11)3-13-7(5)8;/h5-8H,2-3H2,1H3,(H,10,11);/q;+1/p-1/t5-,6-,7+,8+;/m0./s1. The Hall–Kier alpha value is 0.500. The smallest absolute Gasteiger partial charge is 0.772 e. The summed E-state index contributed by atoms with van der Waals surface area (Å²) in [5, 5.41) is -0.657. The van der Waals surface area contributed by atoms with Gasteiger partial charge in [-0.2, -0.15) is 0 Å². The summed E-state index contributed by atoms with van der Waals surface area (Å²) in [6.07, 6.45) is -1.44. The third kappa shape index (κ3) is 2.84. The molecule has 0 radical (unpaired) electrons. The van der Waals surface area contributed by atoms with E-state index in [1.807, 2.05) is 0 Å². The van der Waals surface area contributed by atoms with E-state index in [2.05, 4.69) is 0 Å². The summed E-state index contributed by atoms with van der Waals surface area (Å²) in [4.78, 5) is 10.7. The quantitative estimate of drug-likeness (QED) is 0.285. The Balaban J connectivity index is 0.00000128. The van der Waals surface area contributed by atoms with E-state index in [0.717, 1.165) is 0 Å². The minimum Gasteiger partial charge on any atom is -0.772 e. The van der Waals surface area contributed by atoms with Crippen molar-refractivity contribution >= 4 is 17.0 Å². The molecule has 1 unspecified atom stereocenters. The number of esters is 1. The van der Waals surface area contributed by atoms with Gasteiger partial charge in [0.1, 0.15) is 12.2 Å². The van der Waals surface area contributed by atoms with Crippen LogP contribution in [0, 0.1) is 0 Å². The van der Waals surface area contributed by atoms with Crippen molar-refractivity contribution < 1.29 is 57.3 Å². The molecule has 8 heteroatoms. The van der Waals surface area contributed by atoms with Crippen molar-refractivity contribution in [2.75, 3.05) is 13.2 Å². The van der Waals surface area contributed by atoms with Crippen LogP contribution in [-0.4, -0.2) is 51.5 Å². The summed E-state index contributed by atoms with van der Waals surface area (Å²) < 4.78 is 37.1. The predicted octanol–water partition coefficient (Wildman–Crippen LogP) is -4.03. The number of ether oxygens (including phenoxy) is 3. The van der Waals surface area contributed by atoms with Gasteiger partial charge in [-0.3, -0.25) is 9.00 Å². The van der Waals surface area contributed by atoms with Crippen LogP contribution >= 0.6 is 0 Å². The fourth-order valence-electron chi connectivity index (χ4n) is 1.91. The third-order valence-corrected chi connectivity index (χ3v) is 3.43. The molecular weight excluding hydrogens is 247 g/mol. The molecule has 2 fully saturated rings. The molecule has 0 N–H and O–H groups in total. The van der Waals surface area contributed by atoms with Gasteiger partial charge in [0.25, 0.3) is 0 Å². The summed E-state index contributed by atoms with van der Waals surface area (Å²) in [6, 6.07) is 0. The third-order valence-electron chi connectivity index (χ3n) is 2.53. The Kier molecular flexibility index (Phi) is 5.37. The zero-order valence-corrected chi connectivity index (χ0v) is 11.9. The Morgan fingerprint density at radius 3 is 2.56 bits per heavy atom. The molecule has 2 aliphatic rings. The van der Waals surface area contributed by atoms with Crippen molar-refractivity contribution in [1.82, 2.24) is 0 Å². The first kappa shape index (κ1) is 14.6. The van der Waals surface area contributed by atoms with Gasteiger partial charge in [0, 0.05) is 6.92 Å². The molecule has 0 aromatic heterocycles. The van der Waals surface area contributed by atoms with E-state index in [1.165, 1.54) is 6.92 Å². The van der Waals surface area contributed by atoms with E-state index >= 15 is 0 Å². The second-order valence-electron chi connectivity index (χ2n) is 3.54. The fourth-order valence-corrected chi connectivity index (χ4v) is 2.55. The fraction of sp³-hybridized carbons (Fsp3) is 0.875. The first-order valence-electron chi connectivity index (χ1n) is 4.58. The van der Waals surface area contributed by atoms with Crippen LogP contribution in [-0.2, 0) is 30.1 Å². The van der Waals surface area contributed by atoms with E-state index in [1.54, 1.807) is 0 Å². The Morgan fingerprint density at radius 2 is 2.00 bits per heavy atom. The second kappa shape index (κ2) is 5.90. The van der Waals surface area contributed by atoms with Crippen molar-refractivity contribution in [2.45, 2.75) is 30.5 Å². The van der Waals surface area contributed by atoms with Gasteiger partial charge in [0.15, 0.2) is 6.10 Å². The van der Waals surface area contributed by atoms with Crippen LogP contribution in [0.2, 0.25) is 0 Å². The minimum atomic E-state index is -2.22. The first-order chi connectivity index (χ1) is 7.09. The van der Waals surface area contributed by atoms with Gasteiger partial charge in [0.2, 0.25) is 0 Å². The van der Waals surface area contributed by atoms with Crippen molar-refractivity contribution in [2.24, 2.45) is 0 Å². The zero-order chi connectivity index (χ0) is 11.0. The van der Waals surface area contributed by atoms with E-state index < -0.39 is 40.6 Å². The van der Waals surface area contributed by atoms with Crippen molar-refractivity contribution in [3.05, 3.63) is 0 Å². The van der Waals surface area contributed by atoms with E-state index in [-0.39, 0.29) is 42.8 Å². The molecule has 5 atom stereocenters. The predicted molar refractivity (Wildman–Crippen MR) is 47.7 cm³/mol. The summed E-state index contributed by atoms with van der Waals surface area (Å²) in [5.41, 5.74) is 0. The summed E-state index contributed by atoms with van der Waals surface area (Å²) in [6.45, 7) is 1.59. The number of carbonyl (C=O) groups excluding carboxylic acids is 1. The van der Waals surface area contributed by atoms with Gasteiger partial charge in [-0.05, 0) is 11.1 Å². The number of rotatable bonds is 2. The van der Waals surface area contributed by atoms with Crippen LogP contribution < -0.4 is 29.6 Å². The van der Waals surface area contributed by atoms with E-state index in [0.29, 0.717) is 0 Å². The van der Waals surface area contributed by atoms with E-state index in [9.17, 15) is 13.6 Å². The Bertz CT molecular complexity index is 298. The molecule has 0 bridgehead atoms. The molecule has 0 aromatic rings. The average Bonchev–Trinajstić information content (AvgIpc) is 2.66. The van der Waals surface area contributed by atoms with E-state index in [4.69, 9.17) is 14.2 Å². The SMILES string of the molecule is CC(=O)O[C@H]1CO[C@H]2[C@@H]1OC[C@@H]2S(=O)[O-].[Na+]. The van der Waals surface area contributed by atoms with Gasteiger partial charge in [-0.15, -0.1) is 0 Å². The number of fused-ring (bicyclic) bond motifs is 1. The van der Waals surface area contributed by atoms with Gasteiger partial charge in [0.05, 0.1) is 18.5 Å². The van der Waals surface area contributed by atoms with Gasteiger partial charge >= 0.3 is 35.5 Å². The molecule has 0 spiro atoms. The molecule has 2 rings (SSSR count). The molecule has 86 valence electrons. The summed E-state index contributed by atoms with van der Waals surface area (Å²) >= 11 is -2.22. The molecule has 0 aromatic carbocycles. The summed E-state index contributed by atoms with van der Waals surface area (Å²) in [5.74, 6) is -0.417. The molecule has 2 aliphatic heterocycles. The molecule has 0 aliphatic carbocycles. The Labute approximate surface area is 118 Å². The monoisotopic (exact) mass is 258 g/mol. The Morgan fingerprint density at radius 1 is 1.38 bits per heavy atom. The number of hydrogen-bond donors (Lipinski definition) is 0. The maximum Gasteiger partial charge on any atom is 1.00 e. The number of hydrogen-bond acceptors (Lipinski definition) is 6. The van der Waals surface area contributed by atoms with Crippen LogP contribution in [0.5, 0.6) is 0 Å². The van der Waals surface area contributed by atoms with Gasteiger partial charge < -0.3 is 18.8 Å². The van der Waals surface area contributed by atoms with Crippen LogP contribution in [0.3, 0.4) is 0 Å². The first-order valence-corrected chi connectivity index (χ1v) is 5.72. The molecular formula is C8H11NaO6S. The van der Waals surface area contributed by atoms with Crippen LogP contribution in [0.1, 0.15) is 6.92 Å². The molecule has 2 heterocycles. The van der Waals surface area contributed by atoms with Crippen LogP contribution in [0.4, 0.5) is 0 Å². The normalized spacial score (nSPS) is 38.6. The van der Waals surface area contributed by atoms with Crippen molar-refractivity contribution in [3.8, 4) is 0 Å². The van der Waals surface area contributed by atoms with Gasteiger partial charge in [-0.25, -0.2) is 0 Å². The molecule has 0 saturated carbocycles. The summed E-state index contributed by atoms with van der Waals surface area (Å²) in [7, 11) is 0. The van der Waals surface area contributed by atoms with Crippen LogP contribution in [0.15, 0.2) is 0 Å². The molecule has 16 heavy (non-hydrogen) atoms. The maximum absolute atomic E-state index is 10.8. The zero-order valence-electron chi connectivity index (χ0n) is 9.08. The molecule has 0 amide bonds. The average molecular weight is 258 g/mol. The van der Waals surface area contributed by atoms with Crippen LogP contribution in [0.25, 0.3) is 0 Å². The van der Waals surface area contributed by atoms with Gasteiger partial charge in [-0.1, -0.05) is 0 Å². The van der Waals surface area contributed by atoms with Crippen molar-refractivity contribution in [1.29, 1.82) is 0 Å². The van der Waals surface area contributed by atoms with Crippen molar-refractivity contribution in [3.63, 3.8) is 0 Å². The second-order valence-corrected chi connectivity index (χ2v) is 4.67. The maximum atomic E-state index is 10.8. The largest absolute Gasteiger partial charge is 1.00 e. The number of carbonyl (C=O) groups is 1. The molecule has 6 nitrogen and oxygen atoms in total. The minimum absolute atomic E-state index is 0. The topological polar surface area (TPSA) is 84.9 Å². The molecule has 2 saturated heterocycles.